The van der Waals surface area contributed by atoms with Crippen molar-refractivity contribution in [3.63, 3.8) is 0 Å². The van der Waals surface area contributed by atoms with Gasteiger partial charge in [0.25, 0.3) is 5.91 Å². The molecule has 0 aliphatic heterocycles. The van der Waals surface area contributed by atoms with Gasteiger partial charge in [-0.1, -0.05) is 25.4 Å². The number of aromatic nitrogens is 1. The maximum atomic E-state index is 12.6. The van der Waals surface area contributed by atoms with Gasteiger partial charge in [-0.05, 0) is 30.3 Å². The molecule has 29 heavy (non-hydrogen) atoms. The average Bonchev–Trinajstić information content (AvgIpc) is 2.69. The third-order valence-corrected chi connectivity index (χ3v) is 6.13. The molecule has 0 saturated carbocycles. The SMILES string of the molecule is CCN(CC)S(=O)(=O)c1ccc(O)c(C(=O)OCC(=O)Nc2ccc(Cl)cn2)c1. The van der Waals surface area contributed by atoms with Gasteiger partial charge < -0.3 is 15.2 Å². The van der Waals surface area contributed by atoms with Crippen LogP contribution in [-0.4, -0.2) is 54.4 Å². The molecule has 0 atom stereocenters. The van der Waals surface area contributed by atoms with E-state index in [9.17, 15) is 23.1 Å². The van der Waals surface area contributed by atoms with Crippen molar-refractivity contribution in [2.24, 2.45) is 0 Å². The number of carbonyl (C=O) groups excluding carboxylic acids is 2. The molecule has 0 bridgehead atoms. The third kappa shape index (κ3) is 5.66. The van der Waals surface area contributed by atoms with E-state index < -0.39 is 34.3 Å². The number of ether oxygens (including phenoxy) is 1. The smallest absolute Gasteiger partial charge is 0.342 e. The molecule has 2 N–H and O–H groups in total. The molecule has 9 nitrogen and oxygen atoms in total. The minimum atomic E-state index is -3.83. The summed E-state index contributed by atoms with van der Waals surface area (Å²) in [5.41, 5.74) is -0.365. The van der Waals surface area contributed by atoms with Crippen LogP contribution >= 0.6 is 11.6 Å². The Morgan fingerprint density at radius 3 is 2.48 bits per heavy atom. The Morgan fingerprint density at radius 1 is 1.21 bits per heavy atom. The normalized spacial score (nSPS) is 11.3. The molecule has 2 aromatic rings. The number of anilines is 1. The number of esters is 1. The summed E-state index contributed by atoms with van der Waals surface area (Å²) in [6.45, 7) is 3.21. The Kier molecular flexibility index (Phi) is 7.54. The molecule has 1 aromatic heterocycles. The van der Waals surface area contributed by atoms with Crippen LogP contribution in [-0.2, 0) is 19.6 Å². The average molecular weight is 442 g/mol. The molecular formula is C18H20ClN3O6S. The third-order valence-electron chi connectivity index (χ3n) is 3.86. The van der Waals surface area contributed by atoms with E-state index in [2.05, 4.69) is 10.3 Å². The highest BCUT2D eigenvalue weighted by molar-refractivity contribution is 7.89. The lowest BCUT2D eigenvalue weighted by molar-refractivity contribution is -0.119. The standard InChI is InChI=1S/C18H20ClN3O6S/c1-3-22(4-2)29(26,27)13-6-7-15(23)14(9-13)18(25)28-11-17(24)21-16-8-5-12(19)10-20-16/h5-10,23H,3-4,11H2,1-2H3,(H,20,21,24). The number of phenols is 1. The fraction of sp³-hybridized carbons (Fsp3) is 0.278. The second kappa shape index (κ2) is 9.68. The van der Waals surface area contributed by atoms with E-state index in [1.54, 1.807) is 13.8 Å². The highest BCUT2D eigenvalue weighted by atomic mass is 35.5. The number of hydrogen-bond donors (Lipinski definition) is 2. The Labute approximate surface area is 173 Å². The van der Waals surface area contributed by atoms with E-state index in [1.165, 1.54) is 28.7 Å². The van der Waals surface area contributed by atoms with Crippen molar-refractivity contribution in [2.75, 3.05) is 25.0 Å². The van der Waals surface area contributed by atoms with Crippen LogP contribution in [0.15, 0.2) is 41.4 Å². The molecule has 1 amide bonds. The fourth-order valence-electron chi connectivity index (χ4n) is 2.39. The van der Waals surface area contributed by atoms with E-state index >= 15 is 0 Å². The zero-order valence-corrected chi connectivity index (χ0v) is 17.3. The minimum Gasteiger partial charge on any atom is -0.507 e. The van der Waals surface area contributed by atoms with Crippen LogP contribution in [0, 0.1) is 0 Å². The second-order valence-electron chi connectivity index (χ2n) is 5.75. The van der Waals surface area contributed by atoms with Crippen molar-refractivity contribution in [1.29, 1.82) is 0 Å². The number of aromatic hydroxyl groups is 1. The summed E-state index contributed by atoms with van der Waals surface area (Å²) < 4.78 is 31.3. The van der Waals surface area contributed by atoms with Gasteiger partial charge in [0.2, 0.25) is 10.0 Å². The molecule has 2 rings (SSSR count). The van der Waals surface area contributed by atoms with E-state index in [1.807, 2.05) is 0 Å². The van der Waals surface area contributed by atoms with Crippen molar-refractivity contribution in [1.82, 2.24) is 9.29 Å². The quantitative estimate of drug-likeness (QED) is 0.601. The zero-order valence-electron chi connectivity index (χ0n) is 15.8. The van der Waals surface area contributed by atoms with Gasteiger partial charge in [-0.2, -0.15) is 4.31 Å². The summed E-state index contributed by atoms with van der Waals surface area (Å²) in [6.07, 6.45) is 1.34. The zero-order chi connectivity index (χ0) is 21.6. The number of carbonyl (C=O) groups is 2. The molecule has 1 aromatic carbocycles. The van der Waals surface area contributed by atoms with Crippen LogP contribution in [0.4, 0.5) is 5.82 Å². The first kappa shape index (κ1) is 22.6. The van der Waals surface area contributed by atoms with Crippen molar-refractivity contribution >= 4 is 39.3 Å². The number of pyridine rings is 1. The number of phenolic OH excluding ortho intramolecular Hbond substituents is 1. The molecule has 0 aliphatic rings. The molecular weight excluding hydrogens is 422 g/mol. The second-order valence-corrected chi connectivity index (χ2v) is 8.13. The monoisotopic (exact) mass is 441 g/mol. The van der Waals surface area contributed by atoms with Crippen LogP contribution in [0.1, 0.15) is 24.2 Å². The summed E-state index contributed by atoms with van der Waals surface area (Å²) in [5, 5.41) is 12.7. The summed E-state index contributed by atoms with van der Waals surface area (Å²) in [4.78, 5) is 27.8. The predicted molar refractivity (Wildman–Crippen MR) is 106 cm³/mol. The van der Waals surface area contributed by atoms with Gasteiger partial charge in [0.1, 0.15) is 17.1 Å². The number of nitrogens with zero attached hydrogens (tertiary/aromatic N) is 2. The Morgan fingerprint density at radius 2 is 1.90 bits per heavy atom. The number of halogens is 1. The number of hydrogen-bond acceptors (Lipinski definition) is 7. The summed E-state index contributed by atoms with van der Waals surface area (Å²) in [5.74, 6) is -1.96. The number of rotatable bonds is 8. The van der Waals surface area contributed by atoms with Crippen LogP contribution in [0.25, 0.3) is 0 Å². The van der Waals surface area contributed by atoms with Crippen LogP contribution in [0.3, 0.4) is 0 Å². The van der Waals surface area contributed by atoms with Gasteiger partial charge >= 0.3 is 5.97 Å². The van der Waals surface area contributed by atoms with Gasteiger partial charge in [0.05, 0.1) is 9.92 Å². The van der Waals surface area contributed by atoms with Gasteiger partial charge in [-0.15, -0.1) is 0 Å². The minimum absolute atomic E-state index is 0.166. The molecule has 0 fully saturated rings. The molecule has 11 heteroatoms. The topological polar surface area (TPSA) is 126 Å². The van der Waals surface area contributed by atoms with Crippen molar-refractivity contribution < 1.29 is 27.9 Å². The van der Waals surface area contributed by atoms with E-state index in [-0.39, 0.29) is 29.4 Å². The van der Waals surface area contributed by atoms with Crippen LogP contribution < -0.4 is 5.32 Å². The van der Waals surface area contributed by atoms with Crippen LogP contribution in [0.5, 0.6) is 5.75 Å². The number of benzene rings is 1. The van der Waals surface area contributed by atoms with Crippen molar-refractivity contribution in [3.8, 4) is 5.75 Å². The fourth-order valence-corrected chi connectivity index (χ4v) is 3.99. The molecule has 0 radical (unpaired) electrons. The van der Waals surface area contributed by atoms with Crippen molar-refractivity contribution in [2.45, 2.75) is 18.7 Å². The molecule has 1 heterocycles. The molecule has 0 saturated heterocycles. The maximum absolute atomic E-state index is 12.6. The highest BCUT2D eigenvalue weighted by Crippen LogP contribution is 2.24. The Hall–Kier alpha value is -2.69. The lowest BCUT2D eigenvalue weighted by atomic mass is 10.2. The maximum Gasteiger partial charge on any atom is 0.342 e. The molecule has 0 unspecified atom stereocenters. The van der Waals surface area contributed by atoms with Gasteiger partial charge in [-0.3, -0.25) is 4.79 Å². The van der Waals surface area contributed by atoms with E-state index in [0.29, 0.717) is 5.02 Å². The molecule has 0 aliphatic carbocycles. The first-order chi connectivity index (χ1) is 13.7. The Bertz CT molecular complexity index is 991. The summed E-state index contributed by atoms with van der Waals surface area (Å²) in [6, 6.07) is 6.29. The summed E-state index contributed by atoms with van der Waals surface area (Å²) in [7, 11) is -3.83. The first-order valence-electron chi connectivity index (χ1n) is 8.60. The van der Waals surface area contributed by atoms with E-state index in [4.69, 9.17) is 16.3 Å². The molecule has 156 valence electrons. The number of amides is 1. The molecule has 0 spiro atoms. The van der Waals surface area contributed by atoms with Crippen LogP contribution in [0.2, 0.25) is 5.02 Å². The summed E-state index contributed by atoms with van der Waals surface area (Å²) >= 11 is 5.70. The lowest BCUT2D eigenvalue weighted by Crippen LogP contribution is -2.30. The predicted octanol–water partition coefficient (Wildman–Crippen LogP) is 2.27. The lowest BCUT2D eigenvalue weighted by Gasteiger charge is -2.19. The van der Waals surface area contributed by atoms with Crippen molar-refractivity contribution in [3.05, 3.63) is 47.1 Å². The van der Waals surface area contributed by atoms with Gasteiger partial charge in [-0.25, -0.2) is 18.2 Å². The first-order valence-corrected chi connectivity index (χ1v) is 10.4. The van der Waals surface area contributed by atoms with Gasteiger partial charge in [0.15, 0.2) is 6.61 Å². The highest BCUT2D eigenvalue weighted by Gasteiger charge is 2.25. The number of sulfonamides is 1. The number of nitrogens with one attached hydrogen (secondary N) is 1. The van der Waals surface area contributed by atoms with E-state index in [0.717, 1.165) is 12.1 Å². The Balaban J connectivity index is 2.10. The van der Waals surface area contributed by atoms with Gasteiger partial charge in [0, 0.05) is 19.3 Å². The largest absolute Gasteiger partial charge is 0.507 e.